The molecule has 0 aromatic carbocycles. The first-order valence-electron chi connectivity index (χ1n) is 6.53. The van der Waals surface area contributed by atoms with Crippen molar-refractivity contribution in [3.63, 3.8) is 0 Å². The van der Waals surface area contributed by atoms with Crippen LogP contribution in [-0.4, -0.2) is 23.2 Å². The van der Waals surface area contributed by atoms with Crippen LogP contribution >= 0.6 is 11.6 Å². The molecule has 1 saturated heterocycles. The second kappa shape index (κ2) is 5.45. The summed E-state index contributed by atoms with van der Waals surface area (Å²) in [4.78, 5) is 6.74. The van der Waals surface area contributed by atoms with Crippen molar-refractivity contribution in [2.45, 2.75) is 39.7 Å². The number of aliphatic hydroxyl groups excluding tert-OH is 1. The van der Waals surface area contributed by atoms with E-state index in [1.165, 1.54) is 19.3 Å². The van der Waals surface area contributed by atoms with Gasteiger partial charge in [-0.2, -0.15) is 0 Å². The number of rotatable bonds is 2. The Morgan fingerprint density at radius 2 is 2.11 bits per heavy atom. The van der Waals surface area contributed by atoms with Crippen LogP contribution in [0.4, 0.5) is 5.82 Å². The summed E-state index contributed by atoms with van der Waals surface area (Å²) in [6.45, 7) is 6.59. The van der Waals surface area contributed by atoms with Crippen LogP contribution in [0, 0.1) is 5.41 Å². The van der Waals surface area contributed by atoms with Gasteiger partial charge < -0.3 is 10.0 Å². The third-order valence-corrected chi connectivity index (χ3v) is 4.06. The summed E-state index contributed by atoms with van der Waals surface area (Å²) < 4.78 is 0. The molecule has 0 saturated carbocycles. The van der Waals surface area contributed by atoms with E-state index < -0.39 is 0 Å². The maximum Gasteiger partial charge on any atom is 0.129 e. The van der Waals surface area contributed by atoms with E-state index in [9.17, 15) is 5.11 Å². The molecule has 1 aliphatic rings. The van der Waals surface area contributed by atoms with Crippen LogP contribution in [0.5, 0.6) is 0 Å². The number of aromatic nitrogens is 1. The van der Waals surface area contributed by atoms with Gasteiger partial charge >= 0.3 is 0 Å². The van der Waals surface area contributed by atoms with Crippen molar-refractivity contribution in [2.24, 2.45) is 5.41 Å². The molecule has 0 spiro atoms. The van der Waals surface area contributed by atoms with Crippen molar-refractivity contribution in [3.8, 4) is 0 Å². The molecular weight excluding hydrogens is 248 g/mol. The predicted molar refractivity (Wildman–Crippen MR) is 75.0 cm³/mol. The van der Waals surface area contributed by atoms with Crippen LogP contribution < -0.4 is 4.90 Å². The average Bonchev–Trinajstić information content (AvgIpc) is 2.51. The van der Waals surface area contributed by atoms with Crippen molar-refractivity contribution in [1.82, 2.24) is 4.98 Å². The highest BCUT2D eigenvalue weighted by atomic mass is 35.5. The maximum atomic E-state index is 9.21. The van der Waals surface area contributed by atoms with Gasteiger partial charge in [-0.15, -0.1) is 0 Å². The normalized spacial score (nSPS) is 19.7. The highest BCUT2D eigenvalue weighted by Crippen LogP contribution is 2.31. The molecule has 0 atom stereocenters. The fourth-order valence-corrected chi connectivity index (χ4v) is 2.58. The van der Waals surface area contributed by atoms with E-state index in [-0.39, 0.29) is 6.61 Å². The van der Waals surface area contributed by atoms with Crippen molar-refractivity contribution >= 4 is 17.4 Å². The SMILES string of the molecule is CC1(C)CCCN(c2ccc(Cl)c(CO)n2)CC1. The molecule has 1 fully saturated rings. The number of aliphatic hydroxyl groups is 1. The molecule has 1 N–H and O–H groups in total. The van der Waals surface area contributed by atoms with E-state index in [4.69, 9.17) is 11.6 Å². The summed E-state index contributed by atoms with van der Waals surface area (Å²) in [7, 11) is 0. The zero-order chi connectivity index (χ0) is 13.2. The van der Waals surface area contributed by atoms with Crippen LogP contribution in [-0.2, 0) is 6.61 Å². The zero-order valence-electron chi connectivity index (χ0n) is 11.1. The molecule has 4 heteroatoms. The Bertz CT molecular complexity index is 420. The first-order chi connectivity index (χ1) is 8.52. The summed E-state index contributed by atoms with van der Waals surface area (Å²) >= 11 is 5.97. The second-order valence-corrected chi connectivity index (χ2v) is 6.17. The molecule has 100 valence electrons. The highest BCUT2D eigenvalue weighted by Gasteiger charge is 2.23. The summed E-state index contributed by atoms with van der Waals surface area (Å²) in [6, 6.07) is 3.77. The maximum absolute atomic E-state index is 9.21. The lowest BCUT2D eigenvalue weighted by Gasteiger charge is -2.24. The van der Waals surface area contributed by atoms with Gasteiger partial charge in [-0.25, -0.2) is 4.98 Å². The molecule has 18 heavy (non-hydrogen) atoms. The molecule has 2 rings (SSSR count). The molecule has 1 aromatic rings. The molecule has 0 bridgehead atoms. The summed E-state index contributed by atoms with van der Waals surface area (Å²) in [6.07, 6.45) is 3.61. The van der Waals surface area contributed by atoms with Crippen LogP contribution in [0.2, 0.25) is 5.02 Å². The number of halogens is 1. The van der Waals surface area contributed by atoms with Crippen LogP contribution in [0.25, 0.3) is 0 Å². The van der Waals surface area contributed by atoms with Gasteiger partial charge in [-0.3, -0.25) is 0 Å². The van der Waals surface area contributed by atoms with Gasteiger partial charge in [0.25, 0.3) is 0 Å². The smallest absolute Gasteiger partial charge is 0.129 e. The van der Waals surface area contributed by atoms with E-state index in [2.05, 4.69) is 23.7 Å². The fraction of sp³-hybridized carbons (Fsp3) is 0.643. The van der Waals surface area contributed by atoms with E-state index in [1.54, 1.807) is 0 Å². The predicted octanol–water partition coefficient (Wildman–Crippen LogP) is 3.24. The Kier molecular flexibility index (Phi) is 4.13. The largest absolute Gasteiger partial charge is 0.390 e. The minimum absolute atomic E-state index is 0.105. The number of hydrogen-bond acceptors (Lipinski definition) is 3. The van der Waals surface area contributed by atoms with Crippen molar-refractivity contribution in [3.05, 3.63) is 22.8 Å². The molecule has 2 heterocycles. The Morgan fingerprint density at radius 1 is 1.33 bits per heavy atom. The van der Waals surface area contributed by atoms with Gasteiger partial charge in [0, 0.05) is 13.1 Å². The van der Waals surface area contributed by atoms with Gasteiger partial charge in [0.05, 0.1) is 17.3 Å². The van der Waals surface area contributed by atoms with E-state index in [1.807, 2.05) is 12.1 Å². The van der Waals surface area contributed by atoms with Crippen LogP contribution in [0.15, 0.2) is 12.1 Å². The number of nitrogens with zero attached hydrogens (tertiary/aromatic N) is 2. The monoisotopic (exact) mass is 268 g/mol. The minimum Gasteiger partial charge on any atom is -0.390 e. The third-order valence-electron chi connectivity index (χ3n) is 3.72. The molecule has 0 amide bonds. The Morgan fingerprint density at radius 3 is 2.83 bits per heavy atom. The summed E-state index contributed by atoms with van der Waals surface area (Å²) in [5.74, 6) is 0.932. The zero-order valence-corrected chi connectivity index (χ0v) is 11.9. The van der Waals surface area contributed by atoms with Crippen LogP contribution in [0.1, 0.15) is 38.8 Å². The Balaban J connectivity index is 2.16. The standard InChI is InChI=1S/C14H21ClN2O/c1-14(2)6-3-8-17(9-7-14)13-5-4-11(15)12(10-18)16-13/h4-5,18H,3,6-10H2,1-2H3. The molecular formula is C14H21ClN2O. The molecule has 3 nitrogen and oxygen atoms in total. The Hall–Kier alpha value is -0.800. The summed E-state index contributed by atoms with van der Waals surface area (Å²) in [5.41, 5.74) is 0.985. The lowest BCUT2D eigenvalue weighted by atomic mass is 9.85. The highest BCUT2D eigenvalue weighted by molar-refractivity contribution is 6.31. The molecule has 1 aliphatic heterocycles. The van der Waals surface area contributed by atoms with Crippen molar-refractivity contribution < 1.29 is 5.11 Å². The minimum atomic E-state index is -0.105. The van der Waals surface area contributed by atoms with E-state index in [0.29, 0.717) is 16.1 Å². The number of pyridine rings is 1. The number of hydrogen-bond donors (Lipinski definition) is 1. The molecule has 0 radical (unpaired) electrons. The van der Waals surface area contributed by atoms with Crippen molar-refractivity contribution in [2.75, 3.05) is 18.0 Å². The first kappa shape index (κ1) is 13.6. The van der Waals surface area contributed by atoms with E-state index in [0.717, 1.165) is 18.9 Å². The van der Waals surface area contributed by atoms with Crippen LogP contribution in [0.3, 0.4) is 0 Å². The average molecular weight is 269 g/mol. The quantitative estimate of drug-likeness (QED) is 0.895. The Labute approximate surface area is 114 Å². The van der Waals surface area contributed by atoms with Gasteiger partial charge in [0.2, 0.25) is 0 Å². The molecule has 0 aliphatic carbocycles. The second-order valence-electron chi connectivity index (χ2n) is 5.76. The molecule has 1 aromatic heterocycles. The lowest BCUT2D eigenvalue weighted by Crippen LogP contribution is -2.26. The van der Waals surface area contributed by atoms with Gasteiger partial charge in [0.1, 0.15) is 5.82 Å². The molecule has 0 unspecified atom stereocenters. The van der Waals surface area contributed by atoms with Gasteiger partial charge in [0.15, 0.2) is 0 Å². The fourth-order valence-electron chi connectivity index (χ4n) is 2.41. The van der Waals surface area contributed by atoms with E-state index >= 15 is 0 Å². The van der Waals surface area contributed by atoms with Gasteiger partial charge in [-0.05, 0) is 36.8 Å². The van der Waals surface area contributed by atoms with Crippen molar-refractivity contribution in [1.29, 1.82) is 0 Å². The topological polar surface area (TPSA) is 36.4 Å². The third kappa shape index (κ3) is 3.15. The van der Waals surface area contributed by atoms with Gasteiger partial charge in [-0.1, -0.05) is 25.4 Å². The summed E-state index contributed by atoms with van der Waals surface area (Å²) in [5, 5.41) is 9.75. The number of anilines is 1. The first-order valence-corrected chi connectivity index (χ1v) is 6.91. The lowest BCUT2D eigenvalue weighted by molar-refractivity contribution is 0.277.